The fraction of sp³-hybridized carbons (Fsp3) is 0.316. The molecule has 2 aliphatic rings. The molecular weight excluding hydrogens is 309 g/mol. The molecular formula is C19H18FNO3. The summed E-state index contributed by atoms with van der Waals surface area (Å²) in [6, 6.07) is 10.2. The highest BCUT2D eigenvalue weighted by atomic mass is 19.1. The van der Waals surface area contributed by atoms with Gasteiger partial charge in [0.25, 0.3) is 0 Å². The van der Waals surface area contributed by atoms with E-state index in [1.807, 2.05) is 24.0 Å². The standard InChI is InChI=1S/C19H18FNO3/c1-12-16-10-18-17(23-11-24-18)9-14(16)5-6-21(12)19(22)8-13-3-2-4-15(20)7-13/h2-4,7,9-10,12H,5-6,8,11H2,1H3. The first kappa shape index (κ1) is 15.0. The van der Waals surface area contributed by atoms with Crippen molar-refractivity contribution in [2.24, 2.45) is 0 Å². The summed E-state index contributed by atoms with van der Waals surface area (Å²) in [7, 11) is 0. The van der Waals surface area contributed by atoms with Gasteiger partial charge in [-0.2, -0.15) is 0 Å². The second kappa shape index (κ2) is 5.82. The zero-order chi connectivity index (χ0) is 16.7. The van der Waals surface area contributed by atoms with Crippen LogP contribution in [0.1, 0.15) is 29.7 Å². The summed E-state index contributed by atoms with van der Waals surface area (Å²) >= 11 is 0. The lowest BCUT2D eigenvalue weighted by atomic mass is 9.92. The van der Waals surface area contributed by atoms with Gasteiger partial charge in [-0.15, -0.1) is 0 Å². The quantitative estimate of drug-likeness (QED) is 0.850. The van der Waals surface area contributed by atoms with Crippen LogP contribution in [0.3, 0.4) is 0 Å². The molecule has 1 atom stereocenters. The van der Waals surface area contributed by atoms with E-state index in [4.69, 9.17) is 9.47 Å². The zero-order valence-corrected chi connectivity index (χ0v) is 13.4. The molecule has 2 aliphatic heterocycles. The molecule has 1 amide bonds. The van der Waals surface area contributed by atoms with Crippen LogP contribution in [0, 0.1) is 5.82 Å². The summed E-state index contributed by atoms with van der Waals surface area (Å²) < 4.78 is 24.2. The van der Waals surface area contributed by atoms with E-state index < -0.39 is 0 Å². The van der Waals surface area contributed by atoms with Crippen LogP contribution in [-0.2, 0) is 17.6 Å². The van der Waals surface area contributed by atoms with Crippen molar-refractivity contribution >= 4 is 5.91 Å². The van der Waals surface area contributed by atoms with Crippen molar-refractivity contribution in [1.82, 2.24) is 4.90 Å². The van der Waals surface area contributed by atoms with Crippen molar-refractivity contribution in [2.45, 2.75) is 25.8 Å². The van der Waals surface area contributed by atoms with Crippen molar-refractivity contribution in [3.05, 3.63) is 58.9 Å². The lowest BCUT2D eigenvalue weighted by Crippen LogP contribution is -2.39. The number of fused-ring (bicyclic) bond motifs is 2. The van der Waals surface area contributed by atoms with Crippen molar-refractivity contribution in [3.8, 4) is 11.5 Å². The molecule has 5 heteroatoms. The first-order valence-corrected chi connectivity index (χ1v) is 8.08. The average Bonchev–Trinajstić information content (AvgIpc) is 3.01. The number of hydrogen-bond donors (Lipinski definition) is 0. The maximum Gasteiger partial charge on any atom is 0.231 e. The van der Waals surface area contributed by atoms with Gasteiger partial charge in [-0.25, -0.2) is 4.39 Å². The number of halogens is 1. The van der Waals surface area contributed by atoms with E-state index in [2.05, 4.69) is 0 Å². The van der Waals surface area contributed by atoms with E-state index in [1.165, 1.54) is 17.7 Å². The molecule has 2 aromatic rings. The molecule has 0 saturated carbocycles. The van der Waals surface area contributed by atoms with Crippen molar-refractivity contribution < 1.29 is 18.7 Å². The fourth-order valence-electron chi connectivity index (χ4n) is 3.47. The van der Waals surface area contributed by atoms with Gasteiger partial charge in [-0.1, -0.05) is 12.1 Å². The molecule has 0 bridgehead atoms. The third-order valence-corrected chi connectivity index (χ3v) is 4.74. The molecule has 4 rings (SSSR count). The van der Waals surface area contributed by atoms with E-state index in [0.717, 1.165) is 23.5 Å². The topological polar surface area (TPSA) is 38.8 Å². The fourth-order valence-corrected chi connectivity index (χ4v) is 3.47. The Hall–Kier alpha value is -2.56. The van der Waals surface area contributed by atoms with E-state index in [1.54, 1.807) is 12.1 Å². The Morgan fingerprint density at radius 3 is 2.83 bits per heavy atom. The van der Waals surface area contributed by atoms with Gasteiger partial charge >= 0.3 is 0 Å². The Balaban J connectivity index is 1.56. The number of carbonyl (C=O) groups is 1. The summed E-state index contributed by atoms with van der Waals surface area (Å²) in [6.45, 7) is 2.92. The van der Waals surface area contributed by atoms with Crippen LogP contribution in [0.25, 0.3) is 0 Å². The summed E-state index contributed by atoms with van der Waals surface area (Å²) in [5.74, 6) is 1.21. The number of amides is 1. The van der Waals surface area contributed by atoms with Gasteiger partial charge in [0.05, 0.1) is 12.5 Å². The van der Waals surface area contributed by atoms with Crippen LogP contribution >= 0.6 is 0 Å². The zero-order valence-electron chi connectivity index (χ0n) is 13.4. The van der Waals surface area contributed by atoms with Crippen LogP contribution in [0.5, 0.6) is 11.5 Å². The highest BCUT2D eigenvalue weighted by molar-refractivity contribution is 5.79. The Morgan fingerprint density at radius 2 is 2.04 bits per heavy atom. The third-order valence-electron chi connectivity index (χ3n) is 4.74. The van der Waals surface area contributed by atoms with Crippen molar-refractivity contribution in [2.75, 3.05) is 13.3 Å². The van der Waals surface area contributed by atoms with Gasteiger partial charge in [0.1, 0.15) is 5.82 Å². The van der Waals surface area contributed by atoms with Gasteiger partial charge in [-0.3, -0.25) is 4.79 Å². The number of hydrogen-bond acceptors (Lipinski definition) is 3. The van der Waals surface area contributed by atoms with Gasteiger partial charge in [0.2, 0.25) is 12.7 Å². The lowest BCUT2D eigenvalue weighted by molar-refractivity contribution is -0.133. The van der Waals surface area contributed by atoms with Gasteiger partial charge in [0.15, 0.2) is 11.5 Å². The van der Waals surface area contributed by atoms with Gasteiger partial charge in [0, 0.05) is 6.54 Å². The normalized spacial score (nSPS) is 18.4. The van der Waals surface area contributed by atoms with E-state index >= 15 is 0 Å². The second-order valence-corrected chi connectivity index (χ2v) is 6.22. The maximum absolute atomic E-state index is 13.3. The monoisotopic (exact) mass is 327 g/mol. The molecule has 0 aliphatic carbocycles. The molecule has 0 aromatic heterocycles. The Morgan fingerprint density at radius 1 is 1.25 bits per heavy atom. The Labute approximate surface area is 139 Å². The van der Waals surface area contributed by atoms with Crippen LogP contribution in [0.2, 0.25) is 0 Å². The van der Waals surface area contributed by atoms with Crippen LogP contribution in [-0.4, -0.2) is 24.1 Å². The first-order valence-electron chi connectivity index (χ1n) is 8.08. The Kier molecular flexibility index (Phi) is 3.63. The van der Waals surface area contributed by atoms with E-state index in [-0.39, 0.29) is 31.0 Å². The molecule has 0 saturated heterocycles. The molecule has 2 heterocycles. The molecule has 0 fully saturated rings. The smallest absolute Gasteiger partial charge is 0.231 e. The molecule has 1 unspecified atom stereocenters. The lowest BCUT2D eigenvalue weighted by Gasteiger charge is -2.35. The Bertz CT molecular complexity index is 805. The number of rotatable bonds is 2. The summed E-state index contributed by atoms with van der Waals surface area (Å²) in [5.41, 5.74) is 2.99. The molecule has 4 nitrogen and oxygen atoms in total. The molecule has 0 spiro atoms. The van der Waals surface area contributed by atoms with Crippen LogP contribution in [0.15, 0.2) is 36.4 Å². The molecule has 2 aromatic carbocycles. The SMILES string of the molecule is CC1c2cc3c(cc2CCN1C(=O)Cc1cccc(F)c1)OCO3. The molecule has 24 heavy (non-hydrogen) atoms. The summed E-state index contributed by atoms with van der Waals surface area (Å²) in [5, 5.41) is 0. The van der Waals surface area contributed by atoms with Crippen molar-refractivity contribution in [3.63, 3.8) is 0 Å². The van der Waals surface area contributed by atoms with Gasteiger partial charge in [-0.05, 0) is 54.3 Å². The highest BCUT2D eigenvalue weighted by Crippen LogP contribution is 2.40. The second-order valence-electron chi connectivity index (χ2n) is 6.22. The molecule has 0 radical (unpaired) electrons. The molecule has 0 N–H and O–H groups in total. The van der Waals surface area contributed by atoms with E-state index in [0.29, 0.717) is 12.1 Å². The number of nitrogens with zero attached hydrogens (tertiary/aromatic N) is 1. The van der Waals surface area contributed by atoms with Crippen LogP contribution < -0.4 is 9.47 Å². The molecule has 124 valence electrons. The average molecular weight is 327 g/mol. The van der Waals surface area contributed by atoms with Crippen LogP contribution in [0.4, 0.5) is 4.39 Å². The predicted octanol–water partition coefficient (Wildman–Crippen LogP) is 3.24. The first-order chi connectivity index (χ1) is 11.6. The number of ether oxygens (including phenoxy) is 2. The van der Waals surface area contributed by atoms with Gasteiger partial charge < -0.3 is 14.4 Å². The summed E-state index contributed by atoms with van der Waals surface area (Å²) in [6.07, 6.45) is 0.993. The minimum Gasteiger partial charge on any atom is -0.454 e. The third kappa shape index (κ3) is 2.60. The predicted molar refractivity (Wildman–Crippen MR) is 86.5 cm³/mol. The van der Waals surface area contributed by atoms with Crippen molar-refractivity contribution in [1.29, 1.82) is 0 Å². The minimum atomic E-state index is -0.315. The number of carbonyl (C=O) groups excluding carboxylic acids is 1. The maximum atomic E-state index is 13.3. The summed E-state index contributed by atoms with van der Waals surface area (Å²) in [4.78, 5) is 14.5. The van der Waals surface area contributed by atoms with E-state index in [9.17, 15) is 9.18 Å². The number of benzene rings is 2. The highest BCUT2D eigenvalue weighted by Gasteiger charge is 2.30. The minimum absolute atomic E-state index is 0.0106. The largest absolute Gasteiger partial charge is 0.454 e.